The number of hydrogen-bond acceptors (Lipinski definition) is 5. The van der Waals surface area contributed by atoms with Crippen molar-refractivity contribution in [1.29, 1.82) is 0 Å². The third-order valence-corrected chi connectivity index (χ3v) is 5.32. The normalized spacial score (nSPS) is 12.4. The van der Waals surface area contributed by atoms with E-state index in [2.05, 4.69) is 15.6 Å². The van der Waals surface area contributed by atoms with Crippen LogP contribution in [0.15, 0.2) is 79.0 Å². The first-order valence-electron chi connectivity index (χ1n) is 11.4. The monoisotopic (exact) mass is 477 g/mol. The number of halogens is 1. The fraction of sp³-hybridized carbons (Fsp3) is 0.259. The van der Waals surface area contributed by atoms with E-state index in [4.69, 9.17) is 4.74 Å². The molecule has 35 heavy (non-hydrogen) atoms. The zero-order valence-electron chi connectivity index (χ0n) is 19.4. The SMILES string of the molecule is CC[C@@H](OCc1ccc(F)cc1)C(=O)N[C@H](Cc1ccccc1)C(=O)C(=O)NCc1ccccn1. The molecular formula is C27H28FN3O4. The van der Waals surface area contributed by atoms with Crippen molar-refractivity contribution in [1.82, 2.24) is 15.6 Å². The van der Waals surface area contributed by atoms with E-state index in [9.17, 15) is 18.8 Å². The van der Waals surface area contributed by atoms with Gasteiger partial charge in [-0.3, -0.25) is 19.4 Å². The summed E-state index contributed by atoms with van der Waals surface area (Å²) >= 11 is 0. The van der Waals surface area contributed by atoms with Crippen molar-refractivity contribution in [3.8, 4) is 0 Å². The molecule has 3 aromatic rings. The molecule has 0 fully saturated rings. The Kier molecular flexibility index (Phi) is 9.62. The highest BCUT2D eigenvalue weighted by Crippen LogP contribution is 2.10. The molecule has 0 spiro atoms. The maximum Gasteiger partial charge on any atom is 0.289 e. The fourth-order valence-electron chi connectivity index (χ4n) is 3.40. The number of nitrogens with zero attached hydrogens (tertiary/aromatic N) is 1. The Hall–Kier alpha value is -3.91. The second-order valence-electron chi connectivity index (χ2n) is 7.95. The summed E-state index contributed by atoms with van der Waals surface area (Å²) in [6.45, 7) is 1.98. The zero-order chi connectivity index (χ0) is 25.0. The van der Waals surface area contributed by atoms with Crippen LogP contribution in [-0.2, 0) is 38.7 Å². The summed E-state index contributed by atoms with van der Waals surface area (Å²) in [5.74, 6) is -2.42. The minimum Gasteiger partial charge on any atom is -0.364 e. The lowest BCUT2D eigenvalue weighted by Gasteiger charge is -2.21. The standard InChI is InChI=1S/C27H28FN3O4/c1-2-24(35-18-20-11-13-21(28)14-12-20)26(33)31-23(16-19-8-4-3-5-9-19)25(32)27(34)30-17-22-10-6-7-15-29-22/h3-15,23-24H,2,16-18H2,1H3,(H,30,34)(H,31,33)/t23-,24-/m1/s1. The average Bonchev–Trinajstić information content (AvgIpc) is 2.89. The summed E-state index contributed by atoms with van der Waals surface area (Å²) in [7, 11) is 0. The van der Waals surface area contributed by atoms with Gasteiger partial charge in [0.2, 0.25) is 11.7 Å². The molecule has 8 heteroatoms. The van der Waals surface area contributed by atoms with Crippen LogP contribution in [0.4, 0.5) is 4.39 Å². The number of carbonyl (C=O) groups is 3. The van der Waals surface area contributed by atoms with E-state index in [0.717, 1.165) is 5.56 Å². The van der Waals surface area contributed by atoms with E-state index in [0.29, 0.717) is 17.7 Å². The molecule has 0 aliphatic carbocycles. The van der Waals surface area contributed by atoms with Crippen molar-refractivity contribution >= 4 is 17.6 Å². The summed E-state index contributed by atoms with van der Waals surface area (Å²) in [5, 5.41) is 5.26. The molecular weight excluding hydrogens is 449 g/mol. The highest BCUT2D eigenvalue weighted by molar-refractivity contribution is 6.38. The van der Waals surface area contributed by atoms with Crippen LogP contribution >= 0.6 is 0 Å². The average molecular weight is 478 g/mol. The van der Waals surface area contributed by atoms with Gasteiger partial charge in [-0.1, -0.05) is 55.5 Å². The van der Waals surface area contributed by atoms with Crippen LogP contribution in [0.3, 0.4) is 0 Å². The Bertz CT molecular complexity index is 1110. The van der Waals surface area contributed by atoms with Gasteiger partial charge in [-0.25, -0.2) is 4.39 Å². The number of amides is 2. The molecule has 1 aromatic heterocycles. The Balaban J connectivity index is 1.66. The molecule has 0 aliphatic rings. The molecule has 0 saturated heterocycles. The minimum atomic E-state index is -1.07. The molecule has 1 heterocycles. The van der Waals surface area contributed by atoms with Gasteiger partial charge < -0.3 is 15.4 Å². The highest BCUT2D eigenvalue weighted by Gasteiger charge is 2.29. The quantitative estimate of drug-likeness (QED) is 0.391. The van der Waals surface area contributed by atoms with E-state index >= 15 is 0 Å². The van der Waals surface area contributed by atoms with Gasteiger partial charge in [0.25, 0.3) is 5.91 Å². The summed E-state index contributed by atoms with van der Waals surface area (Å²) in [5.41, 5.74) is 2.12. The van der Waals surface area contributed by atoms with E-state index in [1.165, 1.54) is 12.1 Å². The van der Waals surface area contributed by atoms with Gasteiger partial charge in [-0.15, -0.1) is 0 Å². The zero-order valence-corrected chi connectivity index (χ0v) is 19.4. The number of carbonyl (C=O) groups excluding carboxylic acids is 3. The Morgan fingerprint density at radius 1 is 0.943 bits per heavy atom. The first-order valence-corrected chi connectivity index (χ1v) is 11.4. The number of pyridine rings is 1. The van der Waals surface area contributed by atoms with Crippen LogP contribution in [0.2, 0.25) is 0 Å². The smallest absolute Gasteiger partial charge is 0.289 e. The lowest BCUT2D eigenvalue weighted by atomic mass is 10.0. The number of rotatable bonds is 12. The second kappa shape index (κ2) is 13.1. The predicted octanol–water partition coefficient (Wildman–Crippen LogP) is 3.13. The maximum absolute atomic E-state index is 13.1. The lowest BCUT2D eigenvalue weighted by Crippen LogP contribution is -2.51. The predicted molar refractivity (Wildman–Crippen MR) is 128 cm³/mol. The second-order valence-corrected chi connectivity index (χ2v) is 7.95. The van der Waals surface area contributed by atoms with E-state index in [-0.39, 0.29) is 25.4 Å². The Morgan fingerprint density at radius 2 is 1.66 bits per heavy atom. The fourth-order valence-corrected chi connectivity index (χ4v) is 3.40. The number of ketones is 1. The molecule has 2 aromatic carbocycles. The van der Waals surface area contributed by atoms with Gasteiger partial charge in [-0.2, -0.15) is 0 Å². The van der Waals surface area contributed by atoms with Crippen molar-refractivity contribution in [2.24, 2.45) is 0 Å². The maximum atomic E-state index is 13.1. The largest absolute Gasteiger partial charge is 0.364 e. The van der Waals surface area contributed by atoms with Crippen molar-refractivity contribution in [2.75, 3.05) is 0 Å². The van der Waals surface area contributed by atoms with Crippen molar-refractivity contribution < 1.29 is 23.5 Å². The third-order valence-electron chi connectivity index (χ3n) is 5.32. The lowest BCUT2D eigenvalue weighted by molar-refractivity contribution is -0.142. The van der Waals surface area contributed by atoms with Crippen LogP contribution in [-0.4, -0.2) is 34.7 Å². The summed E-state index contributed by atoms with van der Waals surface area (Å²) in [6, 6.07) is 19.1. The number of Topliss-reactive ketones (excluding diaryl/α,β-unsaturated/α-hetero) is 1. The highest BCUT2D eigenvalue weighted by atomic mass is 19.1. The van der Waals surface area contributed by atoms with Gasteiger partial charge in [0.05, 0.1) is 18.8 Å². The van der Waals surface area contributed by atoms with Crippen molar-refractivity contribution in [3.63, 3.8) is 0 Å². The van der Waals surface area contributed by atoms with E-state index in [1.54, 1.807) is 43.5 Å². The van der Waals surface area contributed by atoms with Gasteiger partial charge in [0, 0.05) is 12.6 Å². The van der Waals surface area contributed by atoms with Crippen molar-refractivity contribution in [3.05, 3.63) is 102 Å². The van der Waals surface area contributed by atoms with Crippen LogP contribution in [0.5, 0.6) is 0 Å². The third kappa shape index (κ3) is 8.12. The van der Waals surface area contributed by atoms with Gasteiger partial charge >= 0.3 is 0 Å². The molecule has 2 amide bonds. The number of hydrogen-bond donors (Lipinski definition) is 2. The molecule has 0 radical (unpaired) electrons. The molecule has 2 atom stereocenters. The molecule has 0 bridgehead atoms. The van der Waals surface area contributed by atoms with E-state index in [1.807, 2.05) is 30.3 Å². The van der Waals surface area contributed by atoms with Crippen LogP contribution < -0.4 is 10.6 Å². The molecule has 2 N–H and O–H groups in total. The van der Waals surface area contributed by atoms with Gasteiger partial charge in [0.15, 0.2) is 0 Å². The summed E-state index contributed by atoms with van der Waals surface area (Å²) in [4.78, 5) is 42.7. The summed E-state index contributed by atoms with van der Waals surface area (Å²) < 4.78 is 18.8. The Morgan fingerprint density at radius 3 is 2.31 bits per heavy atom. The molecule has 0 saturated carbocycles. The number of ether oxygens (including phenoxy) is 1. The van der Waals surface area contributed by atoms with Gasteiger partial charge in [-0.05, 0) is 41.8 Å². The van der Waals surface area contributed by atoms with Crippen LogP contribution in [0.25, 0.3) is 0 Å². The van der Waals surface area contributed by atoms with Gasteiger partial charge in [0.1, 0.15) is 18.0 Å². The molecule has 0 aliphatic heterocycles. The number of aromatic nitrogens is 1. The molecule has 3 rings (SSSR count). The molecule has 182 valence electrons. The first-order chi connectivity index (χ1) is 17.0. The number of benzene rings is 2. The first kappa shape index (κ1) is 25.7. The van der Waals surface area contributed by atoms with Crippen LogP contribution in [0, 0.1) is 5.82 Å². The van der Waals surface area contributed by atoms with Crippen molar-refractivity contribution in [2.45, 2.75) is 45.1 Å². The van der Waals surface area contributed by atoms with Crippen LogP contribution in [0.1, 0.15) is 30.2 Å². The number of nitrogens with one attached hydrogen (secondary N) is 2. The molecule has 7 nitrogen and oxygen atoms in total. The molecule has 0 unspecified atom stereocenters. The Labute approximate surface area is 203 Å². The minimum absolute atomic E-state index is 0.0930. The summed E-state index contributed by atoms with van der Waals surface area (Å²) in [6.07, 6.45) is 1.25. The van der Waals surface area contributed by atoms with E-state index < -0.39 is 29.7 Å². The topological polar surface area (TPSA) is 97.4 Å².